The molecule has 0 unspecified atom stereocenters. The van der Waals surface area contributed by atoms with E-state index >= 15 is 0 Å². The van der Waals surface area contributed by atoms with E-state index in [9.17, 15) is 14.7 Å². The number of nitrogens with one attached hydrogen (secondary N) is 1. The fourth-order valence-electron chi connectivity index (χ4n) is 2.52. The Morgan fingerprint density at radius 2 is 1.81 bits per heavy atom. The third-order valence-electron chi connectivity index (χ3n) is 3.85. The molecule has 6 nitrogen and oxygen atoms in total. The van der Waals surface area contributed by atoms with E-state index in [1.165, 1.54) is 14.2 Å². The maximum atomic E-state index is 12.7. The van der Waals surface area contributed by atoms with Crippen LogP contribution in [-0.4, -0.2) is 31.2 Å². The maximum Gasteiger partial charge on any atom is 0.304 e. The molecule has 0 bridgehead atoms. The number of halogens is 1. The highest BCUT2D eigenvalue weighted by atomic mass is 79.9. The lowest BCUT2D eigenvalue weighted by Gasteiger charge is -2.17. The molecule has 0 heterocycles. The number of rotatable bonds is 8. The van der Waals surface area contributed by atoms with Gasteiger partial charge < -0.3 is 19.9 Å². The summed E-state index contributed by atoms with van der Waals surface area (Å²) in [4.78, 5) is 23.9. The second-order valence-electron chi connectivity index (χ2n) is 5.68. The highest BCUT2D eigenvalue weighted by molar-refractivity contribution is 9.10. The summed E-state index contributed by atoms with van der Waals surface area (Å²) in [6, 6.07) is 12.5. The van der Waals surface area contributed by atoms with E-state index < -0.39 is 11.9 Å². The number of aliphatic carboxylic acids is 1. The van der Waals surface area contributed by atoms with Gasteiger partial charge in [-0.15, -0.1) is 0 Å². The van der Waals surface area contributed by atoms with Crippen LogP contribution in [0, 0.1) is 5.92 Å². The molecule has 0 saturated heterocycles. The van der Waals surface area contributed by atoms with Gasteiger partial charge in [0.1, 0.15) is 11.5 Å². The second kappa shape index (κ2) is 9.24. The number of benzene rings is 2. The predicted molar refractivity (Wildman–Crippen MR) is 102 cm³/mol. The van der Waals surface area contributed by atoms with Gasteiger partial charge in [-0.25, -0.2) is 0 Å². The zero-order valence-electron chi connectivity index (χ0n) is 14.5. The molecule has 2 aromatic carbocycles. The molecular weight excluding hydrogens is 402 g/mol. The van der Waals surface area contributed by atoms with Gasteiger partial charge in [-0.2, -0.15) is 0 Å². The van der Waals surface area contributed by atoms with Crippen LogP contribution in [0.4, 0.5) is 5.69 Å². The summed E-state index contributed by atoms with van der Waals surface area (Å²) >= 11 is 3.36. The minimum absolute atomic E-state index is 0.270. The van der Waals surface area contributed by atoms with Gasteiger partial charge in [0.2, 0.25) is 5.91 Å². The van der Waals surface area contributed by atoms with Gasteiger partial charge >= 0.3 is 5.97 Å². The van der Waals surface area contributed by atoms with Crippen molar-refractivity contribution in [3.05, 3.63) is 52.5 Å². The summed E-state index contributed by atoms with van der Waals surface area (Å²) < 4.78 is 11.3. The molecule has 0 aromatic heterocycles. The van der Waals surface area contributed by atoms with E-state index in [-0.39, 0.29) is 12.3 Å². The Morgan fingerprint density at radius 1 is 1.12 bits per heavy atom. The van der Waals surface area contributed by atoms with Crippen LogP contribution in [0.15, 0.2) is 46.9 Å². The number of hydrogen-bond donors (Lipinski definition) is 2. The molecule has 26 heavy (non-hydrogen) atoms. The number of carboxylic acids is 1. The molecule has 138 valence electrons. The summed E-state index contributed by atoms with van der Waals surface area (Å²) in [6.45, 7) is 0. The normalized spacial score (nSPS) is 11.5. The third kappa shape index (κ3) is 5.49. The molecule has 1 amide bonds. The molecule has 0 radical (unpaired) electrons. The number of carboxylic acid groups (broad SMARTS) is 1. The van der Waals surface area contributed by atoms with Crippen LogP contribution in [-0.2, 0) is 16.0 Å². The van der Waals surface area contributed by atoms with Crippen LogP contribution in [0.2, 0.25) is 0 Å². The first kappa shape index (κ1) is 19.8. The van der Waals surface area contributed by atoms with Crippen LogP contribution in [0.25, 0.3) is 0 Å². The van der Waals surface area contributed by atoms with Crippen molar-refractivity contribution in [2.45, 2.75) is 12.8 Å². The first-order chi connectivity index (χ1) is 12.4. The van der Waals surface area contributed by atoms with E-state index in [0.29, 0.717) is 23.6 Å². The van der Waals surface area contributed by atoms with Crippen molar-refractivity contribution in [1.29, 1.82) is 0 Å². The molecule has 0 aliphatic heterocycles. The second-order valence-corrected chi connectivity index (χ2v) is 6.60. The third-order valence-corrected chi connectivity index (χ3v) is 4.38. The summed E-state index contributed by atoms with van der Waals surface area (Å²) in [5.74, 6) is -1.10. The Kier molecular flexibility index (Phi) is 7.03. The summed E-state index contributed by atoms with van der Waals surface area (Å²) in [5, 5.41) is 11.9. The molecule has 7 heteroatoms. The van der Waals surface area contributed by atoms with Crippen molar-refractivity contribution < 1.29 is 24.2 Å². The van der Waals surface area contributed by atoms with Crippen molar-refractivity contribution in [2.24, 2.45) is 5.92 Å². The van der Waals surface area contributed by atoms with Gasteiger partial charge in [0.25, 0.3) is 0 Å². The molecule has 0 aliphatic rings. The highest BCUT2D eigenvalue weighted by Gasteiger charge is 2.23. The molecule has 0 fully saturated rings. The number of amides is 1. The zero-order valence-corrected chi connectivity index (χ0v) is 16.1. The lowest BCUT2D eigenvalue weighted by atomic mass is 9.95. The molecule has 0 aliphatic carbocycles. The van der Waals surface area contributed by atoms with E-state index in [1.54, 1.807) is 18.2 Å². The molecule has 0 saturated carbocycles. The molecule has 1 atom stereocenters. The lowest BCUT2D eigenvalue weighted by Crippen LogP contribution is -2.27. The Bertz CT molecular complexity index is 776. The van der Waals surface area contributed by atoms with Crippen LogP contribution >= 0.6 is 15.9 Å². The Hall–Kier alpha value is -2.54. The van der Waals surface area contributed by atoms with Crippen LogP contribution in [0.5, 0.6) is 11.5 Å². The minimum Gasteiger partial charge on any atom is -0.497 e. The van der Waals surface area contributed by atoms with Gasteiger partial charge in [0.15, 0.2) is 0 Å². The van der Waals surface area contributed by atoms with Crippen molar-refractivity contribution in [2.75, 3.05) is 19.5 Å². The highest BCUT2D eigenvalue weighted by Crippen LogP contribution is 2.30. The molecule has 0 spiro atoms. The smallest absolute Gasteiger partial charge is 0.304 e. The standard InChI is InChI=1S/C19H20BrNO5/c1-25-15-7-8-17(26-2)16(11-15)21-19(24)13(10-18(22)23)9-12-3-5-14(20)6-4-12/h3-8,11,13H,9-10H2,1-2H3,(H,21,24)(H,22,23)/t13-/m1/s1. The van der Waals surface area contributed by atoms with Crippen molar-refractivity contribution >= 4 is 33.5 Å². The summed E-state index contributed by atoms with van der Waals surface area (Å²) in [5.41, 5.74) is 1.32. The number of methoxy groups -OCH3 is 2. The van der Waals surface area contributed by atoms with Crippen LogP contribution < -0.4 is 14.8 Å². The number of carbonyl (C=O) groups excluding carboxylic acids is 1. The van der Waals surface area contributed by atoms with E-state index in [2.05, 4.69) is 21.2 Å². The van der Waals surface area contributed by atoms with E-state index in [1.807, 2.05) is 24.3 Å². The Labute approximate surface area is 160 Å². The summed E-state index contributed by atoms with van der Waals surface area (Å²) in [6.07, 6.45) is 0.0475. The Morgan fingerprint density at radius 3 is 2.38 bits per heavy atom. The molecular formula is C19H20BrNO5. The van der Waals surface area contributed by atoms with E-state index in [0.717, 1.165) is 10.0 Å². The quantitative estimate of drug-likeness (QED) is 0.677. The molecule has 2 aromatic rings. The fourth-order valence-corrected chi connectivity index (χ4v) is 2.78. The zero-order chi connectivity index (χ0) is 19.1. The van der Waals surface area contributed by atoms with Crippen molar-refractivity contribution in [3.8, 4) is 11.5 Å². The van der Waals surface area contributed by atoms with Crippen LogP contribution in [0.1, 0.15) is 12.0 Å². The van der Waals surface area contributed by atoms with E-state index in [4.69, 9.17) is 9.47 Å². The minimum atomic E-state index is -1.03. The SMILES string of the molecule is COc1ccc(OC)c(NC(=O)[C@@H](CC(=O)O)Cc2ccc(Br)cc2)c1. The van der Waals surface area contributed by atoms with Gasteiger partial charge in [-0.05, 0) is 36.2 Å². The van der Waals surface area contributed by atoms with Gasteiger partial charge in [0.05, 0.1) is 32.2 Å². The van der Waals surface area contributed by atoms with Crippen molar-refractivity contribution in [1.82, 2.24) is 0 Å². The lowest BCUT2D eigenvalue weighted by molar-refractivity contribution is -0.140. The first-order valence-electron chi connectivity index (χ1n) is 7.92. The Balaban J connectivity index is 2.21. The summed E-state index contributed by atoms with van der Waals surface area (Å²) in [7, 11) is 3.02. The van der Waals surface area contributed by atoms with Crippen LogP contribution in [0.3, 0.4) is 0 Å². The number of hydrogen-bond acceptors (Lipinski definition) is 4. The largest absolute Gasteiger partial charge is 0.497 e. The number of anilines is 1. The average molecular weight is 422 g/mol. The first-order valence-corrected chi connectivity index (χ1v) is 8.71. The fraction of sp³-hybridized carbons (Fsp3) is 0.263. The van der Waals surface area contributed by atoms with Gasteiger partial charge in [-0.1, -0.05) is 28.1 Å². The molecule has 2 rings (SSSR count). The van der Waals surface area contributed by atoms with Gasteiger partial charge in [-0.3, -0.25) is 9.59 Å². The molecule has 2 N–H and O–H groups in total. The predicted octanol–water partition coefficient (Wildman–Crippen LogP) is 3.74. The van der Waals surface area contributed by atoms with Gasteiger partial charge in [0, 0.05) is 10.5 Å². The number of carbonyl (C=O) groups is 2. The maximum absolute atomic E-state index is 12.7. The number of ether oxygens (including phenoxy) is 2. The average Bonchev–Trinajstić information content (AvgIpc) is 2.62. The topological polar surface area (TPSA) is 84.9 Å². The monoisotopic (exact) mass is 421 g/mol. The van der Waals surface area contributed by atoms with Crippen molar-refractivity contribution in [3.63, 3.8) is 0 Å².